The summed E-state index contributed by atoms with van der Waals surface area (Å²) >= 11 is 0. The first kappa shape index (κ1) is 29.4. The Kier molecular flexibility index (Phi) is 7.18. The number of aliphatic hydroxyl groups is 2. The van der Waals surface area contributed by atoms with Crippen LogP contribution in [0.15, 0.2) is 84.9 Å². The molecule has 3 saturated heterocycles. The fourth-order valence-corrected chi connectivity index (χ4v) is 7.42. The van der Waals surface area contributed by atoms with Crippen LogP contribution in [0.5, 0.6) is 0 Å². The van der Waals surface area contributed by atoms with Crippen molar-refractivity contribution in [1.82, 2.24) is 4.90 Å². The maximum Gasteiger partial charge on any atom is 0.305 e. The summed E-state index contributed by atoms with van der Waals surface area (Å²) in [5.41, 5.74) is -5.71. The number of aliphatic hydroxyl groups excluding tert-OH is 1. The molecule has 0 bridgehead atoms. The van der Waals surface area contributed by atoms with Crippen LogP contribution in [-0.2, 0) is 30.4 Å². The first-order chi connectivity index (χ1) is 20.5. The molecule has 3 aromatic rings. The van der Waals surface area contributed by atoms with E-state index in [0.717, 1.165) is 0 Å². The molecule has 6 rings (SSSR count). The maximum atomic E-state index is 14.7. The Morgan fingerprint density at radius 1 is 1.00 bits per heavy atom. The van der Waals surface area contributed by atoms with Gasteiger partial charge in [0.05, 0.1) is 18.6 Å². The molecule has 10 heteroatoms. The van der Waals surface area contributed by atoms with Gasteiger partial charge in [-0.2, -0.15) is 0 Å². The van der Waals surface area contributed by atoms with E-state index in [9.17, 15) is 29.3 Å². The molecule has 3 aromatic carbocycles. The molecule has 0 aliphatic carbocycles. The van der Waals surface area contributed by atoms with Gasteiger partial charge < -0.3 is 30.1 Å². The first-order valence-electron chi connectivity index (χ1n) is 14.5. The van der Waals surface area contributed by atoms with Gasteiger partial charge in [0.25, 0.3) is 5.91 Å². The number of carboxylic acids is 1. The van der Waals surface area contributed by atoms with E-state index in [4.69, 9.17) is 9.47 Å². The number of para-hydroxylation sites is 1. The summed E-state index contributed by atoms with van der Waals surface area (Å²) in [6, 6.07) is 23.4. The molecule has 4 N–H and O–H groups in total. The van der Waals surface area contributed by atoms with Gasteiger partial charge in [0, 0.05) is 24.2 Å². The molecule has 226 valence electrons. The highest BCUT2D eigenvalue weighted by molar-refractivity contribution is 6.03. The number of ether oxygens (including phenoxy) is 2. The lowest BCUT2D eigenvalue weighted by molar-refractivity contribution is -0.327. The Balaban J connectivity index is 1.57. The minimum Gasteiger partial charge on any atom is -0.481 e. The van der Waals surface area contributed by atoms with Crippen LogP contribution in [0.4, 0.5) is 10.1 Å². The SMILES string of the molecule is CC(C)[C@@]12O[C@H](C[C@@H](O)CC(=O)O)CCN1[C@@](O)(c1ccc(F)cc1)[C@]1(c3ccccc3)O[C@]12C(=O)Nc1ccccc1. The highest BCUT2D eigenvalue weighted by atomic mass is 19.1. The van der Waals surface area contributed by atoms with Crippen LogP contribution >= 0.6 is 0 Å². The Morgan fingerprint density at radius 2 is 1.63 bits per heavy atom. The van der Waals surface area contributed by atoms with E-state index >= 15 is 0 Å². The highest BCUT2D eigenvalue weighted by Gasteiger charge is 2.99. The summed E-state index contributed by atoms with van der Waals surface area (Å²) in [7, 11) is 0. The van der Waals surface area contributed by atoms with E-state index in [-0.39, 0.29) is 13.0 Å². The minimum atomic E-state index is -2.00. The Hall–Kier alpha value is -3.67. The molecule has 3 heterocycles. The topological polar surface area (TPSA) is 132 Å². The van der Waals surface area contributed by atoms with Crippen molar-refractivity contribution in [2.24, 2.45) is 5.92 Å². The van der Waals surface area contributed by atoms with Crippen molar-refractivity contribution in [3.63, 3.8) is 0 Å². The molecular weight excluding hydrogens is 555 g/mol. The van der Waals surface area contributed by atoms with Gasteiger partial charge in [0.15, 0.2) is 17.1 Å². The largest absolute Gasteiger partial charge is 0.481 e. The third kappa shape index (κ3) is 4.08. The summed E-state index contributed by atoms with van der Waals surface area (Å²) in [5.74, 6) is -2.62. The van der Waals surface area contributed by atoms with Gasteiger partial charge >= 0.3 is 5.97 Å². The normalized spacial score (nSPS) is 32.1. The number of morpholine rings is 1. The number of nitrogens with zero attached hydrogens (tertiary/aromatic N) is 1. The maximum absolute atomic E-state index is 14.7. The molecule has 6 atom stereocenters. The number of epoxide rings is 1. The molecule has 0 aromatic heterocycles. The molecular formula is C33H35FN2O7. The Labute approximate surface area is 248 Å². The van der Waals surface area contributed by atoms with Crippen LogP contribution in [-0.4, -0.2) is 62.2 Å². The van der Waals surface area contributed by atoms with E-state index in [1.54, 1.807) is 53.4 Å². The zero-order chi connectivity index (χ0) is 30.6. The lowest BCUT2D eigenvalue weighted by Gasteiger charge is -2.55. The number of anilines is 1. The van der Waals surface area contributed by atoms with Gasteiger partial charge in [0.2, 0.25) is 5.60 Å². The molecule has 3 fully saturated rings. The molecule has 0 spiro atoms. The molecule has 3 aliphatic heterocycles. The van der Waals surface area contributed by atoms with Gasteiger partial charge in [0.1, 0.15) is 5.82 Å². The molecule has 3 aliphatic rings. The second-order valence-corrected chi connectivity index (χ2v) is 11.8. The van der Waals surface area contributed by atoms with Gasteiger partial charge in [-0.15, -0.1) is 0 Å². The molecule has 0 saturated carbocycles. The quantitative estimate of drug-likeness (QED) is 0.276. The number of hydrogen-bond donors (Lipinski definition) is 4. The van der Waals surface area contributed by atoms with E-state index in [1.165, 1.54) is 24.3 Å². The van der Waals surface area contributed by atoms with Crippen molar-refractivity contribution >= 4 is 17.6 Å². The van der Waals surface area contributed by atoms with Gasteiger partial charge in [-0.1, -0.05) is 74.5 Å². The monoisotopic (exact) mass is 590 g/mol. The molecule has 0 unspecified atom stereocenters. The fraction of sp³-hybridized carbons (Fsp3) is 0.394. The number of aliphatic carboxylic acids is 1. The van der Waals surface area contributed by atoms with Crippen LogP contribution in [0.25, 0.3) is 0 Å². The van der Waals surface area contributed by atoms with Crippen molar-refractivity contribution in [3.05, 3.63) is 102 Å². The number of rotatable bonds is 9. The number of carboxylic acid groups (broad SMARTS) is 1. The van der Waals surface area contributed by atoms with Gasteiger partial charge in [-0.25, -0.2) is 9.29 Å². The third-order valence-electron chi connectivity index (χ3n) is 9.07. The van der Waals surface area contributed by atoms with Gasteiger partial charge in [-0.3, -0.25) is 9.59 Å². The number of amides is 1. The Morgan fingerprint density at radius 3 is 2.23 bits per heavy atom. The first-order valence-corrected chi connectivity index (χ1v) is 14.5. The number of benzene rings is 3. The van der Waals surface area contributed by atoms with E-state index in [2.05, 4.69) is 5.32 Å². The average molecular weight is 591 g/mol. The van der Waals surface area contributed by atoms with Crippen molar-refractivity contribution in [1.29, 1.82) is 0 Å². The lowest BCUT2D eigenvalue weighted by atomic mass is 9.73. The summed E-state index contributed by atoms with van der Waals surface area (Å²) < 4.78 is 27.8. The second kappa shape index (κ2) is 10.5. The molecule has 0 radical (unpaired) electrons. The van der Waals surface area contributed by atoms with Gasteiger partial charge in [-0.05, 0) is 42.2 Å². The Bertz CT molecular complexity index is 1510. The molecule has 9 nitrogen and oxygen atoms in total. The summed E-state index contributed by atoms with van der Waals surface area (Å²) in [6.45, 7) is 3.96. The smallest absolute Gasteiger partial charge is 0.305 e. The zero-order valence-corrected chi connectivity index (χ0v) is 23.9. The van der Waals surface area contributed by atoms with Crippen molar-refractivity contribution in [2.45, 2.75) is 68.0 Å². The summed E-state index contributed by atoms with van der Waals surface area (Å²) in [4.78, 5) is 27.8. The van der Waals surface area contributed by atoms with E-state index < -0.39 is 64.9 Å². The molecule has 1 amide bonds. The highest BCUT2D eigenvalue weighted by Crippen LogP contribution is 2.79. The van der Waals surface area contributed by atoms with Crippen LogP contribution in [0, 0.1) is 11.7 Å². The number of nitrogens with one attached hydrogen (secondary N) is 1. The van der Waals surface area contributed by atoms with E-state index in [1.807, 2.05) is 26.0 Å². The number of carbonyl (C=O) groups excluding carboxylic acids is 1. The number of halogens is 1. The van der Waals surface area contributed by atoms with Crippen LogP contribution in [0.3, 0.4) is 0 Å². The van der Waals surface area contributed by atoms with Crippen LogP contribution in [0.1, 0.15) is 44.2 Å². The van der Waals surface area contributed by atoms with Crippen LogP contribution in [0.2, 0.25) is 0 Å². The summed E-state index contributed by atoms with van der Waals surface area (Å²) in [5, 5.41) is 35.9. The zero-order valence-electron chi connectivity index (χ0n) is 23.9. The standard InChI is InChI=1S/C33H35FN2O7/c1-21(2)33-31(29(40)35-25-11-7-4-8-12-25)30(43-31,22-9-5-3-6-10-22)32(41,23-13-15-24(34)16-14-23)36(33)18-17-27(42-33)19-26(37)20-28(38)39/h3-16,21,26-27,37,41H,17-20H2,1-2H3,(H,35,40)(H,38,39)/t26-,27+,30-,31-,32-,33+/m1/s1. The second-order valence-electron chi connectivity index (χ2n) is 11.8. The van der Waals surface area contributed by atoms with E-state index in [0.29, 0.717) is 23.2 Å². The minimum absolute atomic E-state index is 0.0122. The average Bonchev–Trinajstić information content (AvgIpc) is 3.67. The fourth-order valence-electron chi connectivity index (χ4n) is 7.42. The predicted molar refractivity (Wildman–Crippen MR) is 154 cm³/mol. The van der Waals surface area contributed by atoms with Crippen molar-refractivity contribution < 1.29 is 38.8 Å². The molecule has 43 heavy (non-hydrogen) atoms. The third-order valence-corrected chi connectivity index (χ3v) is 9.07. The van der Waals surface area contributed by atoms with Crippen LogP contribution < -0.4 is 5.32 Å². The number of carbonyl (C=O) groups is 2. The summed E-state index contributed by atoms with van der Waals surface area (Å²) in [6.07, 6.45) is -1.94. The lowest BCUT2D eigenvalue weighted by Crippen LogP contribution is -2.70. The van der Waals surface area contributed by atoms with Crippen molar-refractivity contribution in [2.75, 3.05) is 11.9 Å². The number of fused-ring (bicyclic) bond motifs is 3. The predicted octanol–water partition coefficient (Wildman–Crippen LogP) is 3.96. The number of hydrogen-bond acceptors (Lipinski definition) is 7. The van der Waals surface area contributed by atoms with Crippen molar-refractivity contribution in [3.8, 4) is 0 Å².